The summed E-state index contributed by atoms with van der Waals surface area (Å²) in [5.74, 6) is 0.166. The summed E-state index contributed by atoms with van der Waals surface area (Å²) in [5.41, 5.74) is 3.53. The third-order valence-corrected chi connectivity index (χ3v) is 4.21. The van der Waals surface area contributed by atoms with E-state index in [4.69, 9.17) is 4.65 Å². The second kappa shape index (κ2) is 6.66. The Bertz CT molecular complexity index is 731. The van der Waals surface area contributed by atoms with Crippen molar-refractivity contribution in [3.63, 3.8) is 0 Å². The number of hydrogen-bond donors (Lipinski definition) is 4. The number of benzene rings is 2. The van der Waals surface area contributed by atoms with Crippen LogP contribution in [0, 0.1) is 27.7 Å². The van der Waals surface area contributed by atoms with Crippen LogP contribution in [0.3, 0.4) is 0 Å². The number of phenols is 1. The highest BCUT2D eigenvalue weighted by molar-refractivity contribution is 6.63. The SMILES string of the molecule is Cc1ccc(B(O)Oc2c(B(O)O)ccc(C)c2C)c(O)c1C. The van der Waals surface area contributed by atoms with Crippen molar-refractivity contribution in [2.45, 2.75) is 27.7 Å². The molecule has 0 aliphatic rings. The van der Waals surface area contributed by atoms with Gasteiger partial charge in [-0.25, -0.2) is 0 Å². The first kappa shape index (κ1) is 17.4. The summed E-state index contributed by atoms with van der Waals surface area (Å²) >= 11 is 0. The highest BCUT2D eigenvalue weighted by atomic mass is 16.5. The molecule has 0 amide bonds. The van der Waals surface area contributed by atoms with Gasteiger partial charge in [-0.15, -0.1) is 0 Å². The maximum Gasteiger partial charge on any atom is 0.563 e. The Labute approximate surface area is 136 Å². The topological polar surface area (TPSA) is 90.2 Å². The first-order valence-electron chi connectivity index (χ1n) is 7.34. The molecule has 120 valence electrons. The van der Waals surface area contributed by atoms with E-state index in [1.807, 2.05) is 13.8 Å². The first-order valence-corrected chi connectivity index (χ1v) is 7.34. The minimum absolute atomic E-state index is 0.0334. The number of aromatic hydroxyl groups is 1. The summed E-state index contributed by atoms with van der Waals surface area (Å²) in [5, 5.41) is 39.5. The fourth-order valence-electron chi connectivity index (χ4n) is 2.37. The molecule has 0 aliphatic heterocycles. The summed E-state index contributed by atoms with van der Waals surface area (Å²) < 4.78 is 5.56. The lowest BCUT2D eigenvalue weighted by molar-refractivity contribution is 0.413. The third kappa shape index (κ3) is 3.37. The molecule has 0 radical (unpaired) electrons. The Balaban J connectivity index is 2.43. The summed E-state index contributed by atoms with van der Waals surface area (Å²) in [6.45, 7) is 7.23. The molecule has 23 heavy (non-hydrogen) atoms. The molecular formula is C16H20B2O5. The van der Waals surface area contributed by atoms with Crippen LogP contribution in [-0.2, 0) is 0 Å². The van der Waals surface area contributed by atoms with E-state index in [1.165, 1.54) is 6.07 Å². The van der Waals surface area contributed by atoms with Gasteiger partial charge >= 0.3 is 14.2 Å². The summed E-state index contributed by atoms with van der Waals surface area (Å²) in [6, 6.07) is 6.65. The van der Waals surface area contributed by atoms with Gasteiger partial charge in [0.15, 0.2) is 0 Å². The van der Waals surface area contributed by atoms with Crippen molar-refractivity contribution in [2.24, 2.45) is 0 Å². The Hall–Kier alpha value is -1.95. The van der Waals surface area contributed by atoms with Crippen LogP contribution >= 0.6 is 0 Å². The molecule has 0 saturated carbocycles. The minimum Gasteiger partial charge on any atom is -0.532 e. The fourth-order valence-corrected chi connectivity index (χ4v) is 2.37. The molecule has 0 bridgehead atoms. The second-order valence-corrected chi connectivity index (χ2v) is 5.71. The van der Waals surface area contributed by atoms with Crippen molar-refractivity contribution in [1.82, 2.24) is 0 Å². The predicted octanol–water partition coefficient (Wildman–Crippen LogP) is 0.0722. The molecule has 0 fully saturated rings. The number of aryl methyl sites for hydroxylation is 2. The monoisotopic (exact) mass is 314 g/mol. The van der Waals surface area contributed by atoms with Gasteiger partial charge in [0.05, 0.1) is 0 Å². The maximum absolute atomic E-state index is 10.3. The minimum atomic E-state index is -1.72. The molecule has 0 spiro atoms. The van der Waals surface area contributed by atoms with Crippen molar-refractivity contribution in [3.05, 3.63) is 46.5 Å². The van der Waals surface area contributed by atoms with Crippen molar-refractivity contribution < 1.29 is 24.8 Å². The largest absolute Gasteiger partial charge is 0.563 e. The van der Waals surface area contributed by atoms with E-state index in [-0.39, 0.29) is 22.4 Å². The van der Waals surface area contributed by atoms with Gasteiger partial charge in [0.1, 0.15) is 11.5 Å². The quantitative estimate of drug-likeness (QED) is 0.600. The second-order valence-electron chi connectivity index (χ2n) is 5.71. The molecular weight excluding hydrogens is 294 g/mol. The van der Waals surface area contributed by atoms with Crippen molar-refractivity contribution in [1.29, 1.82) is 0 Å². The third-order valence-electron chi connectivity index (χ3n) is 4.21. The van der Waals surface area contributed by atoms with Gasteiger partial charge in [0.25, 0.3) is 0 Å². The Kier molecular flexibility index (Phi) is 5.04. The average molecular weight is 314 g/mol. The number of phenolic OH excluding ortho intramolecular Hbond substituents is 1. The summed E-state index contributed by atoms with van der Waals surface area (Å²) in [4.78, 5) is 0. The lowest BCUT2D eigenvalue weighted by atomic mass is 9.74. The zero-order valence-electron chi connectivity index (χ0n) is 13.7. The normalized spacial score (nSPS) is 10.6. The molecule has 7 heteroatoms. The van der Waals surface area contributed by atoms with Gasteiger partial charge in [-0.05, 0) is 49.9 Å². The van der Waals surface area contributed by atoms with E-state index in [2.05, 4.69) is 0 Å². The molecule has 0 aliphatic carbocycles. The van der Waals surface area contributed by atoms with Crippen molar-refractivity contribution in [2.75, 3.05) is 0 Å². The first-order chi connectivity index (χ1) is 10.7. The Morgan fingerprint density at radius 1 is 0.783 bits per heavy atom. The molecule has 0 aromatic heterocycles. The van der Waals surface area contributed by atoms with E-state index in [0.29, 0.717) is 11.1 Å². The zero-order chi connectivity index (χ0) is 17.3. The van der Waals surface area contributed by atoms with Crippen LogP contribution in [-0.4, -0.2) is 34.4 Å². The lowest BCUT2D eigenvalue weighted by Gasteiger charge is -2.19. The van der Waals surface area contributed by atoms with Crippen LogP contribution in [0.2, 0.25) is 0 Å². The van der Waals surface area contributed by atoms with Gasteiger partial charge in [-0.1, -0.05) is 24.3 Å². The molecule has 2 aromatic carbocycles. The average Bonchev–Trinajstić information content (AvgIpc) is 2.49. The molecule has 0 unspecified atom stereocenters. The van der Waals surface area contributed by atoms with Crippen molar-refractivity contribution in [3.8, 4) is 11.5 Å². The fraction of sp³-hybridized carbons (Fsp3) is 0.250. The highest BCUT2D eigenvalue weighted by Crippen LogP contribution is 2.22. The van der Waals surface area contributed by atoms with Crippen LogP contribution < -0.4 is 15.6 Å². The molecule has 2 rings (SSSR count). The van der Waals surface area contributed by atoms with Crippen molar-refractivity contribution >= 4 is 25.2 Å². The van der Waals surface area contributed by atoms with E-state index in [9.17, 15) is 20.2 Å². The standard InChI is InChI=1S/C16H20B2O5/c1-9-5-7-13(15(19)11(9)3)18(22)23-16-12(4)10(2)6-8-14(16)17(20)21/h5-8,19-22H,1-4H3. The highest BCUT2D eigenvalue weighted by Gasteiger charge is 2.28. The molecule has 0 heterocycles. The smallest absolute Gasteiger partial charge is 0.532 e. The van der Waals surface area contributed by atoms with Crippen LogP contribution in [0.1, 0.15) is 22.3 Å². The van der Waals surface area contributed by atoms with E-state index < -0.39 is 14.2 Å². The molecule has 2 aromatic rings. The van der Waals surface area contributed by atoms with Crippen LogP contribution in [0.5, 0.6) is 11.5 Å². The summed E-state index contributed by atoms with van der Waals surface area (Å²) in [6.07, 6.45) is 0. The Morgan fingerprint density at radius 3 is 1.87 bits per heavy atom. The summed E-state index contributed by atoms with van der Waals surface area (Å²) in [7, 11) is -3.14. The van der Waals surface area contributed by atoms with Crippen LogP contribution in [0.15, 0.2) is 24.3 Å². The molecule has 5 nitrogen and oxygen atoms in total. The Morgan fingerprint density at radius 2 is 1.30 bits per heavy atom. The number of hydrogen-bond acceptors (Lipinski definition) is 5. The van der Waals surface area contributed by atoms with Gasteiger partial charge in [-0.3, -0.25) is 0 Å². The molecule has 0 atom stereocenters. The van der Waals surface area contributed by atoms with E-state index in [1.54, 1.807) is 32.0 Å². The van der Waals surface area contributed by atoms with Gasteiger partial charge in [0.2, 0.25) is 0 Å². The van der Waals surface area contributed by atoms with Gasteiger partial charge in [-0.2, -0.15) is 0 Å². The maximum atomic E-state index is 10.3. The molecule has 4 N–H and O–H groups in total. The van der Waals surface area contributed by atoms with Gasteiger partial charge in [0, 0.05) is 10.9 Å². The van der Waals surface area contributed by atoms with E-state index >= 15 is 0 Å². The molecule has 0 saturated heterocycles. The zero-order valence-corrected chi connectivity index (χ0v) is 13.7. The predicted molar refractivity (Wildman–Crippen MR) is 91.6 cm³/mol. The van der Waals surface area contributed by atoms with Crippen LogP contribution in [0.25, 0.3) is 0 Å². The number of rotatable bonds is 4. The van der Waals surface area contributed by atoms with E-state index in [0.717, 1.165) is 11.1 Å². The van der Waals surface area contributed by atoms with Gasteiger partial charge < -0.3 is 24.8 Å². The lowest BCUT2D eigenvalue weighted by Crippen LogP contribution is -2.41. The van der Waals surface area contributed by atoms with Crippen LogP contribution in [0.4, 0.5) is 0 Å².